The molecule has 0 unspecified atom stereocenters. The van der Waals surface area contributed by atoms with Gasteiger partial charge < -0.3 is 4.90 Å². The van der Waals surface area contributed by atoms with Crippen LogP contribution in [0, 0.1) is 12.7 Å². The van der Waals surface area contributed by atoms with E-state index in [0.29, 0.717) is 17.1 Å². The zero-order valence-electron chi connectivity index (χ0n) is 14.9. The SMILES string of the molecule is Cc1c(C(=O)N(C)C2CCCCCCC2)nnn1-c1ccc(F)cc1. The van der Waals surface area contributed by atoms with Gasteiger partial charge in [0.05, 0.1) is 11.4 Å². The number of amides is 1. The van der Waals surface area contributed by atoms with Crippen LogP contribution in [0.1, 0.15) is 61.1 Å². The van der Waals surface area contributed by atoms with E-state index in [-0.39, 0.29) is 17.8 Å². The largest absolute Gasteiger partial charge is 0.337 e. The zero-order chi connectivity index (χ0) is 17.8. The van der Waals surface area contributed by atoms with Crippen molar-refractivity contribution < 1.29 is 9.18 Å². The van der Waals surface area contributed by atoms with E-state index in [1.807, 2.05) is 18.9 Å². The first-order chi connectivity index (χ1) is 12.1. The second kappa shape index (κ2) is 7.76. The molecule has 0 N–H and O–H groups in total. The maximum absolute atomic E-state index is 13.1. The van der Waals surface area contributed by atoms with Crippen LogP contribution >= 0.6 is 0 Å². The van der Waals surface area contributed by atoms with E-state index in [0.717, 1.165) is 12.8 Å². The monoisotopic (exact) mass is 344 g/mol. The predicted octanol–water partition coefficient (Wildman–Crippen LogP) is 3.90. The van der Waals surface area contributed by atoms with Crippen molar-refractivity contribution in [3.05, 3.63) is 41.5 Å². The molecule has 1 aromatic heterocycles. The second-order valence-electron chi connectivity index (χ2n) is 6.83. The molecule has 0 aliphatic heterocycles. The molecule has 1 amide bonds. The van der Waals surface area contributed by atoms with E-state index in [1.54, 1.807) is 16.8 Å². The predicted molar refractivity (Wildman–Crippen MR) is 94.3 cm³/mol. The quantitative estimate of drug-likeness (QED) is 0.848. The first kappa shape index (κ1) is 17.6. The molecule has 25 heavy (non-hydrogen) atoms. The highest BCUT2D eigenvalue weighted by Crippen LogP contribution is 2.22. The lowest BCUT2D eigenvalue weighted by atomic mass is 9.95. The number of nitrogens with zero attached hydrogens (tertiary/aromatic N) is 4. The van der Waals surface area contributed by atoms with E-state index >= 15 is 0 Å². The molecule has 3 rings (SSSR count). The molecule has 2 aromatic rings. The summed E-state index contributed by atoms with van der Waals surface area (Å²) in [5, 5.41) is 8.19. The summed E-state index contributed by atoms with van der Waals surface area (Å²) < 4.78 is 14.7. The van der Waals surface area contributed by atoms with Crippen molar-refractivity contribution in [2.75, 3.05) is 7.05 Å². The van der Waals surface area contributed by atoms with Gasteiger partial charge in [-0.15, -0.1) is 5.10 Å². The Bertz CT molecular complexity index is 718. The summed E-state index contributed by atoms with van der Waals surface area (Å²) in [6, 6.07) is 6.27. The molecule has 0 spiro atoms. The molecular formula is C19H25FN4O. The van der Waals surface area contributed by atoms with Crippen LogP contribution in [0.5, 0.6) is 0 Å². The summed E-state index contributed by atoms with van der Waals surface area (Å²) in [6.45, 7) is 1.82. The topological polar surface area (TPSA) is 51.0 Å². The van der Waals surface area contributed by atoms with E-state index in [9.17, 15) is 9.18 Å². The Kier molecular flexibility index (Phi) is 5.46. The Morgan fingerprint density at radius 1 is 1.12 bits per heavy atom. The van der Waals surface area contributed by atoms with E-state index < -0.39 is 0 Å². The first-order valence-corrected chi connectivity index (χ1v) is 9.03. The minimum Gasteiger partial charge on any atom is -0.337 e. The van der Waals surface area contributed by atoms with Crippen molar-refractivity contribution in [3.63, 3.8) is 0 Å². The van der Waals surface area contributed by atoms with Crippen LogP contribution in [0.2, 0.25) is 0 Å². The molecule has 0 saturated heterocycles. The van der Waals surface area contributed by atoms with Crippen LogP contribution in [0.25, 0.3) is 5.69 Å². The summed E-state index contributed by atoms with van der Waals surface area (Å²) in [5.41, 5.74) is 1.74. The molecule has 6 heteroatoms. The van der Waals surface area contributed by atoms with E-state index in [4.69, 9.17) is 0 Å². The highest BCUT2D eigenvalue weighted by atomic mass is 19.1. The first-order valence-electron chi connectivity index (χ1n) is 9.03. The van der Waals surface area contributed by atoms with Gasteiger partial charge in [0.15, 0.2) is 5.69 Å². The van der Waals surface area contributed by atoms with Crippen molar-refractivity contribution >= 4 is 5.91 Å². The van der Waals surface area contributed by atoms with Gasteiger partial charge in [-0.05, 0) is 44.0 Å². The number of halogens is 1. The Balaban J connectivity index is 1.79. The third kappa shape index (κ3) is 3.89. The number of carbonyl (C=O) groups is 1. The Labute approximate surface area is 147 Å². The second-order valence-corrected chi connectivity index (χ2v) is 6.83. The van der Waals surface area contributed by atoms with Gasteiger partial charge in [0.25, 0.3) is 5.91 Å². The van der Waals surface area contributed by atoms with Gasteiger partial charge in [0, 0.05) is 13.1 Å². The van der Waals surface area contributed by atoms with Crippen LogP contribution in [0.4, 0.5) is 4.39 Å². The fourth-order valence-corrected chi connectivity index (χ4v) is 3.51. The number of benzene rings is 1. The third-order valence-corrected chi connectivity index (χ3v) is 5.11. The maximum atomic E-state index is 13.1. The Hall–Kier alpha value is -2.24. The number of aromatic nitrogens is 3. The molecule has 5 nitrogen and oxygen atoms in total. The molecule has 1 aromatic carbocycles. The van der Waals surface area contributed by atoms with Crippen LogP contribution in [-0.2, 0) is 0 Å². The molecule has 1 aliphatic carbocycles. The van der Waals surface area contributed by atoms with Crippen molar-refractivity contribution in [1.82, 2.24) is 19.9 Å². The van der Waals surface area contributed by atoms with Crippen LogP contribution in [0.15, 0.2) is 24.3 Å². The minimum atomic E-state index is -0.304. The minimum absolute atomic E-state index is 0.0866. The van der Waals surface area contributed by atoms with Gasteiger partial charge in [-0.1, -0.05) is 37.3 Å². The lowest BCUT2D eigenvalue weighted by Gasteiger charge is -2.29. The van der Waals surface area contributed by atoms with Crippen LogP contribution in [-0.4, -0.2) is 38.9 Å². The number of rotatable bonds is 3. The molecule has 1 aliphatic rings. The van der Waals surface area contributed by atoms with Crippen molar-refractivity contribution in [1.29, 1.82) is 0 Å². The molecular weight excluding hydrogens is 319 g/mol. The summed E-state index contributed by atoms with van der Waals surface area (Å²) in [5.74, 6) is -0.390. The molecule has 1 saturated carbocycles. The number of hydrogen-bond acceptors (Lipinski definition) is 3. The summed E-state index contributed by atoms with van der Waals surface area (Å²) in [6.07, 6.45) is 8.24. The lowest BCUT2D eigenvalue weighted by Crippen LogP contribution is -2.38. The molecule has 1 fully saturated rings. The van der Waals surface area contributed by atoms with Crippen molar-refractivity contribution in [2.45, 2.75) is 57.9 Å². The van der Waals surface area contributed by atoms with Gasteiger partial charge in [0.1, 0.15) is 5.82 Å². The normalized spacial score (nSPS) is 16.3. The maximum Gasteiger partial charge on any atom is 0.276 e. The molecule has 0 atom stereocenters. The highest BCUT2D eigenvalue weighted by molar-refractivity contribution is 5.93. The summed E-state index contributed by atoms with van der Waals surface area (Å²) in [4.78, 5) is 14.7. The van der Waals surface area contributed by atoms with Crippen molar-refractivity contribution in [2.24, 2.45) is 0 Å². The van der Waals surface area contributed by atoms with Gasteiger partial charge in [-0.2, -0.15) is 0 Å². The summed E-state index contributed by atoms with van der Waals surface area (Å²) >= 11 is 0. The van der Waals surface area contributed by atoms with Gasteiger partial charge in [-0.3, -0.25) is 4.79 Å². The standard InChI is InChI=1S/C19H25FN4O/c1-14-18(21-22-24(14)17-12-10-15(20)11-13-17)19(25)23(2)16-8-6-4-3-5-7-9-16/h10-13,16H,3-9H2,1-2H3. The van der Waals surface area contributed by atoms with Gasteiger partial charge >= 0.3 is 0 Å². The third-order valence-electron chi connectivity index (χ3n) is 5.11. The molecule has 0 radical (unpaired) electrons. The Morgan fingerprint density at radius 2 is 1.72 bits per heavy atom. The average Bonchev–Trinajstić information content (AvgIpc) is 2.96. The fourth-order valence-electron chi connectivity index (χ4n) is 3.51. The fraction of sp³-hybridized carbons (Fsp3) is 0.526. The molecule has 0 bridgehead atoms. The van der Waals surface area contributed by atoms with Crippen molar-refractivity contribution in [3.8, 4) is 5.69 Å². The van der Waals surface area contributed by atoms with Crippen LogP contribution in [0.3, 0.4) is 0 Å². The number of carbonyl (C=O) groups excluding carboxylic acids is 1. The smallest absolute Gasteiger partial charge is 0.276 e. The van der Waals surface area contributed by atoms with Gasteiger partial charge in [0.2, 0.25) is 0 Å². The highest BCUT2D eigenvalue weighted by Gasteiger charge is 2.26. The average molecular weight is 344 g/mol. The van der Waals surface area contributed by atoms with E-state index in [2.05, 4.69) is 10.3 Å². The summed E-state index contributed by atoms with van der Waals surface area (Å²) in [7, 11) is 1.87. The number of hydrogen-bond donors (Lipinski definition) is 0. The van der Waals surface area contributed by atoms with E-state index in [1.165, 1.54) is 44.2 Å². The molecule has 1 heterocycles. The Morgan fingerprint density at radius 3 is 2.36 bits per heavy atom. The van der Waals surface area contributed by atoms with Gasteiger partial charge in [-0.25, -0.2) is 9.07 Å². The molecule has 134 valence electrons. The lowest BCUT2D eigenvalue weighted by molar-refractivity contribution is 0.0700. The zero-order valence-corrected chi connectivity index (χ0v) is 14.9. The van der Waals surface area contributed by atoms with Crippen LogP contribution < -0.4 is 0 Å².